The summed E-state index contributed by atoms with van der Waals surface area (Å²) < 4.78 is 23.9. The predicted molar refractivity (Wildman–Crippen MR) is 128 cm³/mol. The van der Waals surface area contributed by atoms with Crippen molar-refractivity contribution in [3.05, 3.63) is 90.6 Å². The highest BCUT2D eigenvalue weighted by molar-refractivity contribution is 6.10. The van der Waals surface area contributed by atoms with Crippen molar-refractivity contribution in [1.29, 1.82) is 0 Å². The Kier molecular flexibility index (Phi) is 4.05. The van der Waals surface area contributed by atoms with Gasteiger partial charge in [0.05, 0.1) is 5.69 Å². The van der Waals surface area contributed by atoms with Crippen molar-refractivity contribution in [1.82, 2.24) is 4.98 Å². The number of aromatic nitrogens is 1. The minimum Gasteiger partial charge on any atom is -0.455 e. The van der Waals surface area contributed by atoms with Crippen LogP contribution in [0.25, 0.3) is 44.3 Å². The van der Waals surface area contributed by atoms with Crippen LogP contribution >= 0.6 is 0 Å². The van der Waals surface area contributed by atoms with Crippen LogP contribution in [0.3, 0.4) is 0 Å². The van der Waals surface area contributed by atoms with Crippen LogP contribution in [0.2, 0.25) is 0 Å². The van der Waals surface area contributed by atoms with Gasteiger partial charge in [0, 0.05) is 25.3 Å². The van der Waals surface area contributed by atoms with E-state index in [2.05, 4.69) is 35.3 Å². The molecular formula is C29H25NO. The van der Waals surface area contributed by atoms with E-state index in [1.165, 1.54) is 5.56 Å². The summed E-state index contributed by atoms with van der Waals surface area (Å²) in [7, 11) is 0. The van der Waals surface area contributed by atoms with Gasteiger partial charge in [0.2, 0.25) is 0 Å². The fourth-order valence-corrected chi connectivity index (χ4v) is 4.78. The van der Waals surface area contributed by atoms with Crippen molar-refractivity contribution in [2.45, 2.75) is 32.1 Å². The van der Waals surface area contributed by atoms with Gasteiger partial charge in [-0.2, -0.15) is 0 Å². The van der Waals surface area contributed by atoms with Crippen molar-refractivity contribution in [2.75, 3.05) is 0 Å². The number of nitrogens with zero attached hydrogens (tertiary/aromatic N) is 1. The maximum atomic E-state index is 8.80. The molecule has 1 saturated carbocycles. The van der Waals surface area contributed by atoms with Crippen molar-refractivity contribution >= 4 is 21.9 Å². The summed E-state index contributed by atoms with van der Waals surface area (Å²) in [6.45, 7) is 0. The number of hydrogen-bond acceptors (Lipinski definition) is 2. The molecule has 0 atom stereocenters. The smallest absolute Gasteiger partial charge is 0.144 e. The molecule has 0 amide bonds. The van der Waals surface area contributed by atoms with Gasteiger partial charge in [-0.1, -0.05) is 74.2 Å². The summed E-state index contributed by atoms with van der Waals surface area (Å²) in [5.74, 6) is 0.0751. The van der Waals surface area contributed by atoms with Gasteiger partial charge in [0.25, 0.3) is 0 Å². The third-order valence-corrected chi connectivity index (χ3v) is 6.37. The summed E-state index contributed by atoms with van der Waals surface area (Å²) in [6.07, 6.45) is 4.52. The van der Waals surface area contributed by atoms with E-state index in [9.17, 15) is 0 Å². The predicted octanol–water partition coefficient (Wildman–Crippen LogP) is 8.05. The molecule has 1 fully saturated rings. The number of hydrogen-bond donors (Lipinski definition) is 0. The largest absolute Gasteiger partial charge is 0.455 e. The SMILES string of the molecule is [2H]C([2H])(c1ccnc(-c2cccc3c2oc2ccc(-c4ccccc4)cc23)c1)C1CCCC1. The van der Waals surface area contributed by atoms with Crippen LogP contribution in [0.1, 0.15) is 34.0 Å². The normalized spacial score (nSPS) is 16.0. The molecule has 2 heteroatoms. The average molecular weight is 406 g/mol. The molecule has 1 aliphatic carbocycles. The molecule has 31 heavy (non-hydrogen) atoms. The second-order valence-electron chi connectivity index (χ2n) is 8.42. The zero-order valence-electron chi connectivity index (χ0n) is 19.3. The molecule has 0 N–H and O–H groups in total. The van der Waals surface area contributed by atoms with Crippen LogP contribution in [-0.4, -0.2) is 4.98 Å². The molecule has 0 unspecified atom stereocenters. The van der Waals surface area contributed by atoms with Gasteiger partial charge in [-0.25, -0.2) is 0 Å². The topological polar surface area (TPSA) is 26.0 Å². The van der Waals surface area contributed by atoms with Gasteiger partial charge in [-0.15, -0.1) is 0 Å². The summed E-state index contributed by atoms with van der Waals surface area (Å²) >= 11 is 0. The van der Waals surface area contributed by atoms with Gasteiger partial charge in [0.1, 0.15) is 11.2 Å². The monoisotopic (exact) mass is 405 g/mol. The molecule has 0 radical (unpaired) electrons. The van der Waals surface area contributed by atoms with Crippen molar-refractivity contribution in [2.24, 2.45) is 5.92 Å². The van der Waals surface area contributed by atoms with Crippen LogP contribution in [0.4, 0.5) is 0 Å². The fourth-order valence-electron chi connectivity index (χ4n) is 4.78. The number of fused-ring (bicyclic) bond motifs is 3. The minimum atomic E-state index is -1.35. The molecule has 152 valence electrons. The quantitative estimate of drug-likeness (QED) is 0.302. The Morgan fingerprint density at radius 2 is 1.71 bits per heavy atom. The van der Waals surface area contributed by atoms with E-state index in [0.717, 1.165) is 64.4 Å². The number of furan rings is 1. The molecule has 0 saturated heterocycles. The molecule has 2 nitrogen and oxygen atoms in total. The van der Waals surface area contributed by atoms with Gasteiger partial charge in [-0.3, -0.25) is 4.98 Å². The van der Waals surface area contributed by atoms with E-state index in [0.29, 0.717) is 5.56 Å². The first-order valence-electron chi connectivity index (χ1n) is 12.1. The maximum Gasteiger partial charge on any atom is 0.144 e. The van der Waals surface area contributed by atoms with Crippen LogP contribution in [0.15, 0.2) is 89.5 Å². The molecule has 2 heterocycles. The zero-order valence-corrected chi connectivity index (χ0v) is 17.3. The Morgan fingerprint density at radius 3 is 2.58 bits per heavy atom. The van der Waals surface area contributed by atoms with Crippen molar-refractivity contribution < 1.29 is 7.16 Å². The summed E-state index contributed by atoms with van der Waals surface area (Å²) in [6, 6.07) is 26.5. The number of pyridine rings is 1. The first-order chi connectivity index (χ1) is 16.1. The van der Waals surface area contributed by atoms with Crippen molar-refractivity contribution in [3.63, 3.8) is 0 Å². The molecule has 0 aliphatic heterocycles. The molecule has 5 aromatic rings. The van der Waals surface area contributed by atoms with Gasteiger partial charge in [-0.05, 0) is 59.3 Å². The maximum absolute atomic E-state index is 8.80. The Hall–Kier alpha value is -3.39. The van der Waals surface area contributed by atoms with Gasteiger partial charge in [0.15, 0.2) is 0 Å². The summed E-state index contributed by atoms with van der Waals surface area (Å²) in [5.41, 5.74) is 6.32. The summed E-state index contributed by atoms with van der Waals surface area (Å²) in [4.78, 5) is 4.61. The third kappa shape index (κ3) is 3.42. The minimum absolute atomic E-state index is 0.0751. The lowest BCUT2D eigenvalue weighted by Gasteiger charge is -2.10. The van der Waals surface area contributed by atoms with E-state index in [1.54, 1.807) is 6.20 Å². The third-order valence-electron chi connectivity index (χ3n) is 6.37. The summed E-state index contributed by atoms with van der Waals surface area (Å²) in [5, 5.41) is 2.12. The van der Waals surface area contributed by atoms with Gasteiger partial charge >= 0.3 is 0 Å². The zero-order chi connectivity index (χ0) is 22.4. The molecule has 3 aromatic carbocycles. The molecule has 0 bridgehead atoms. The highest BCUT2D eigenvalue weighted by atomic mass is 16.3. The first-order valence-corrected chi connectivity index (χ1v) is 11.1. The van der Waals surface area contributed by atoms with E-state index in [1.807, 2.05) is 48.5 Å². The molecule has 6 rings (SSSR count). The Morgan fingerprint density at radius 1 is 0.839 bits per heavy atom. The van der Waals surface area contributed by atoms with E-state index in [4.69, 9.17) is 7.16 Å². The lowest BCUT2D eigenvalue weighted by atomic mass is 9.97. The highest BCUT2D eigenvalue weighted by Gasteiger charge is 2.17. The van der Waals surface area contributed by atoms with E-state index in [-0.39, 0.29) is 5.92 Å². The first kappa shape index (κ1) is 16.3. The fraction of sp³-hybridized carbons (Fsp3) is 0.207. The second-order valence-corrected chi connectivity index (χ2v) is 8.42. The van der Waals surface area contributed by atoms with Gasteiger partial charge < -0.3 is 4.42 Å². The molecule has 0 spiro atoms. The van der Waals surface area contributed by atoms with E-state index < -0.39 is 6.37 Å². The van der Waals surface area contributed by atoms with Crippen LogP contribution < -0.4 is 0 Å². The van der Waals surface area contributed by atoms with Crippen LogP contribution in [-0.2, 0) is 6.37 Å². The van der Waals surface area contributed by atoms with E-state index >= 15 is 0 Å². The van der Waals surface area contributed by atoms with Crippen LogP contribution in [0.5, 0.6) is 0 Å². The Balaban J connectivity index is 1.47. The molecule has 1 aliphatic rings. The standard InChI is InChI=1S/C29H25NO/c1-2-9-22(10-3-1)23-13-14-28-26(19-23)24-11-6-12-25(29(24)31-28)27-18-21(15-16-30-27)17-20-7-4-5-8-20/h1-3,6,9-16,18-20H,4-5,7-8,17H2/i17D2. The lowest BCUT2D eigenvalue weighted by Crippen LogP contribution is -1.99. The van der Waals surface area contributed by atoms with Crippen LogP contribution in [0, 0.1) is 5.92 Å². The lowest BCUT2D eigenvalue weighted by molar-refractivity contribution is 0.546. The number of para-hydroxylation sites is 1. The Labute approximate surface area is 185 Å². The number of rotatable bonds is 4. The highest BCUT2D eigenvalue weighted by Crippen LogP contribution is 2.37. The average Bonchev–Trinajstić information content (AvgIpc) is 3.53. The number of benzene rings is 3. The Bertz CT molecular complexity index is 1450. The second kappa shape index (κ2) is 7.70. The molecular weight excluding hydrogens is 378 g/mol. The molecule has 2 aromatic heterocycles. The van der Waals surface area contributed by atoms with Crippen molar-refractivity contribution in [3.8, 4) is 22.4 Å².